The van der Waals surface area contributed by atoms with Gasteiger partial charge in [-0.2, -0.15) is 0 Å². The summed E-state index contributed by atoms with van der Waals surface area (Å²) in [5, 5.41) is 0. The van der Waals surface area contributed by atoms with Crippen molar-refractivity contribution in [3.63, 3.8) is 0 Å². The van der Waals surface area contributed by atoms with E-state index in [1.165, 1.54) is 51.4 Å². The van der Waals surface area contributed by atoms with Crippen molar-refractivity contribution in [2.45, 2.75) is 207 Å². The maximum Gasteiger partial charge on any atom is 0.306 e. The molecule has 0 heterocycles. The van der Waals surface area contributed by atoms with Crippen molar-refractivity contribution in [3.8, 4) is 0 Å². The van der Waals surface area contributed by atoms with Crippen LogP contribution < -0.4 is 0 Å². The molecule has 340 valence electrons. The summed E-state index contributed by atoms with van der Waals surface area (Å²) in [5.41, 5.74) is 0. The van der Waals surface area contributed by atoms with Gasteiger partial charge < -0.3 is 14.2 Å². The number of carbonyl (C=O) groups excluding carboxylic acids is 2. The fourth-order valence-electron chi connectivity index (χ4n) is 6.18. The second kappa shape index (κ2) is 49.9. The van der Waals surface area contributed by atoms with Crippen LogP contribution in [-0.2, 0) is 23.8 Å². The minimum atomic E-state index is -0.574. The Morgan fingerprint density at radius 3 is 1.22 bits per heavy atom. The summed E-state index contributed by atoms with van der Waals surface area (Å²) in [4.78, 5) is 25.3. The zero-order valence-corrected chi connectivity index (χ0v) is 38.9. The third-order valence-electron chi connectivity index (χ3n) is 9.77. The van der Waals surface area contributed by atoms with E-state index in [1.807, 2.05) is 0 Å². The van der Waals surface area contributed by atoms with Crippen molar-refractivity contribution >= 4 is 11.9 Å². The maximum absolute atomic E-state index is 12.7. The first kappa shape index (κ1) is 56.6. The topological polar surface area (TPSA) is 61.8 Å². The number of hydrogen-bond acceptors (Lipinski definition) is 5. The highest BCUT2D eigenvalue weighted by Gasteiger charge is 2.17. The Morgan fingerprint density at radius 2 is 0.750 bits per heavy atom. The Balaban J connectivity index is 4.38. The third-order valence-corrected chi connectivity index (χ3v) is 9.77. The van der Waals surface area contributed by atoms with Crippen LogP contribution in [0.1, 0.15) is 201 Å². The Morgan fingerprint density at radius 1 is 0.383 bits per heavy atom. The molecule has 0 aliphatic rings. The van der Waals surface area contributed by atoms with Crippen LogP contribution in [0.3, 0.4) is 0 Å². The van der Waals surface area contributed by atoms with Gasteiger partial charge in [0.05, 0.1) is 6.61 Å². The minimum Gasteiger partial charge on any atom is -0.462 e. The molecule has 0 bridgehead atoms. The average molecular weight is 831 g/mol. The summed E-state index contributed by atoms with van der Waals surface area (Å²) >= 11 is 0. The zero-order chi connectivity index (χ0) is 43.5. The highest BCUT2D eigenvalue weighted by molar-refractivity contribution is 5.70. The number of allylic oxidation sites excluding steroid dienone is 18. The van der Waals surface area contributed by atoms with Gasteiger partial charge in [0.1, 0.15) is 6.61 Å². The summed E-state index contributed by atoms with van der Waals surface area (Å²) in [7, 11) is 0. The Kier molecular flexibility index (Phi) is 47.1. The highest BCUT2D eigenvalue weighted by atomic mass is 16.6. The van der Waals surface area contributed by atoms with Crippen molar-refractivity contribution in [1.29, 1.82) is 0 Å². The second-order valence-corrected chi connectivity index (χ2v) is 15.6. The van der Waals surface area contributed by atoms with E-state index in [0.29, 0.717) is 19.4 Å². The van der Waals surface area contributed by atoms with Gasteiger partial charge >= 0.3 is 11.9 Å². The van der Waals surface area contributed by atoms with Gasteiger partial charge in [0.2, 0.25) is 0 Å². The van der Waals surface area contributed by atoms with Gasteiger partial charge in [0.25, 0.3) is 0 Å². The molecular formula is C55H90O5. The second-order valence-electron chi connectivity index (χ2n) is 15.6. The lowest BCUT2D eigenvalue weighted by Crippen LogP contribution is -2.30. The molecule has 0 saturated heterocycles. The Bertz CT molecular complexity index is 1210. The van der Waals surface area contributed by atoms with Crippen molar-refractivity contribution in [2.75, 3.05) is 19.8 Å². The number of rotatable bonds is 43. The lowest BCUT2D eigenvalue weighted by Gasteiger charge is -2.18. The van der Waals surface area contributed by atoms with E-state index in [1.54, 1.807) is 0 Å². The number of hydrogen-bond donors (Lipinski definition) is 0. The van der Waals surface area contributed by atoms with Crippen molar-refractivity contribution in [3.05, 3.63) is 109 Å². The number of carbonyl (C=O) groups is 2. The lowest BCUT2D eigenvalue weighted by molar-refractivity contribution is -0.163. The smallest absolute Gasteiger partial charge is 0.306 e. The minimum absolute atomic E-state index is 0.0473. The lowest BCUT2D eigenvalue weighted by atomic mass is 10.1. The molecule has 5 heteroatoms. The maximum atomic E-state index is 12.7. The van der Waals surface area contributed by atoms with Gasteiger partial charge in [0, 0.05) is 19.4 Å². The quantitative estimate of drug-likeness (QED) is 0.0348. The molecule has 0 N–H and O–H groups in total. The van der Waals surface area contributed by atoms with Crippen LogP contribution in [0.25, 0.3) is 0 Å². The standard InChI is InChI=1S/C55H90O5/c1-4-7-10-13-16-19-22-25-26-27-28-29-30-32-33-36-39-42-45-48-54(56)59-52-53(51-58-50-47-44-41-38-35-24-21-18-15-12-9-6-3)60-55(57)49-46-43-40-37-34-31-23-20-17-14-11-8-5-2/h7-8,10-11,15-20,25-26,28-29,31-34,53H,4-6,9,12-14,21-24,27,30,35-52H2,1-3H3/b10-7-,11-8-,18-15-,19-16-,20-17-,26-25-,29-28-,33-32-,34-31-. The first-order chi connectivity index (χ1) is 29.6. The van der Waals surface area contributed by atoms with E-state index in [0.717, 1.165) is 116 Å². The first-order valence-electron chi connectivity index (χ1n) is 24.4. The fourth-order valence-corrected chi connectivity index (χ4v) is 6.18. The molecule has 5 nitrogen and oxygen atoms in total. The Labute approximate surface area is 370 Å². The molecule has 0 saturated carbocycles. The SMILES string of the molecule is CC/C=C\C/C=C\C/C=C\C/C=C\C/C=C\CCCCCC(=O)OCC(COCCCCCCCC/C=C\CCCC)OC(=O)CCCCC/C=C\C/C=C\C/C=C\CC. The van der Waals surface area contributed by atoms with Gasteiger partial charge in [-0.05, 0) is 116 Å². The molecule has 60 heavy (non-hydrogen) atoms. The van der Waals surface area contributed by atoms with Gasteiger partial charge in [-0.25, -0.2) is 0 Å². The van der Waals surface area contributed by atoms with Gasteiger partial charge in [-0.1, -0.05) is 182 Å². The molecular weight excluding hydrogens is 741 g/mol. The molecule has 0 aromatic carbocycles. The van der Waals surface area contributed by atoms with Crippen LogP contribution in [0.15, 0.2) is 109 Å². The number of ether oxygens (including phenoxy) is 3. The van der Waals surface area contributed by atoms with E-state index in [9.17, 15) is 9.59 Å². The van der Waals surface area contributed by atoms with Crippen LogP contribution in [0.5, 0.6) is 0 Å². The third kappa shape index (κ3) is 47.2. The van der Waals surface area contributed by atoms with Crippen molar-refractivity contribution in [1.82, 2.24) is 0 Å². The van der Waals surface area contributed by atoms with Gasteiger partial charge in [0.15, 0.2) is 6.10 Å². The molecule has 0 aromatic rings. The molecule has 0 fully saturated rings. The molecule has 1 unspecified atom stereocenters. The van der Waals surface area contributed by atoms with Crippen LogP contribution in [-0.4, -0.2) is 37.9 Å². The highest BCUT2D eigenvalue weighted by Crippen LogP contribution is 2.11. The van der Waals surface area contributed by atoms with Crippen molar-refractivity contribution in [2.24, 2.45) is 0 Å². The van der Waals surface area contributed by atoms with E-state index >= 15 is 0 Å². The summed E-state index contributed by atoms with van der Waals surface area (Å²) in [6.45, 7) is 7.47. The van der Waals surface area contributed by atoms with E-state index in [4.69, 9.17) is 14.2 Å². The van der Waals surface area contributed by atoms with E-state index < -0.39 is 6.10 Å². The molecule has 0 amide bonds. The van der Waals surface area contributed by atoms with Gasteiger partial charge in [-0.3, -0.25) is 9.59 Å². The molecule has 1 atom stereocenters. The summed E-state index contributed by atoms with van der Waals surface area (Å²) in [5.74, 6) is -0.480. The van der Waals surface area contributed by atoms with E-state index in [2.05, 4.69) is 130 Å². The summed E-state index contributed by atoms with van der Waals surface area (Å²) in [6, 6.07) is 0. The predicted molar refractivity (Wildman–Crippen MR) is 260 cm³/mol. The molecule has 0 spiro atoms. The largest absolute Gasteiger partial charge is 0.462 e. The monoisotopic (exact) mass is 831 g/mol. The van der Waals surface area contributed by atoms with Crippen molar-refractivity contribution < 1.29 is 23.8 Å². The van der Waals surface area contributed by atoms with Crippen LogP contribution in [0, 0.1) is 0 Å². The summed E-state index contributed by atoms with van der Waals surface area (Å²) in [6.07, 6.45) is 68.1. The molecule has 0 rings (SSSR count). The predicted octanol–water partition coefficient (Wildman–Crippen LogP) is 16.4. The zero-order valence-electron chi connectivity index (χ0n) is 38.9. The van der Waals surface area contributed by atoms with Gasteiger partial charge in [-0.15, -0.1) is 0 Å². The molecule has 0 aliphatic heterocycles. The normalized spacial score (nSPS) is 13.2. The first-order valence-corrected chi connectivity index (χ1v) is 24.4. The van der Waals surface area contributed by atoms with Crippen LogP contribution in [0.4, 0.5) is 0 Å². The van der Waals surface area contributed by atoms with Crippen LogP contribution in [0.2, 0.25) is 0 Å². The summed E-state index contributed by atoms with van der Waals surface area (Å²) < 4.78 is 17.3. The number of esters is 2. The van der Waals surface area contributed by atoms with Crippen LogP contribution >= 0.6 is 0 Å². The van der Waals surface area contributed by atoms with E-state index in [-0.39, 0.29) is 25.2 Å². The molecule has 0 aliphatic carbocycles. The number of unbranched alkanes of at least 4 members (excludes halogenated alkanes) is 14. The molecule has 0 radical (unpaired) electrons. The fraction of sp³-hybridized carbons (Fsp3) is 0.636. The Hall–Kier alpha value is -3.44. The average Bonchev–Trinajstić information content (AvgIpc) is 3.25. The molecule has 0 aromatic heterocycles.